The minimum atomic E-state index is 1.24. The third kappa shape index (κ3) is 5.26. The number of thiophene rings is 2. The van der Waals surface area contributed by atoms with Crippen LogP contribution in [0, 0.1) is 0 Å². The average Bonchev–Trinajstić information content (AvgIpc) is 3.80. The summed E-state index contributed by atoms with van der Waals surface area (Å²) in [5, 5.41) is 12.9. The molecule has 12 aromatic rings. The largest absolute Gasteiger partial charge is 0.134 e. The van der Waals surface area contributed by atoms with Crippen molar-refractivity contribution in [1.82, 2.24) is 0 Å². The van der Waals surface area contributed by atoms with Gasteiger partial charge in [-0.25, -0.2) is 0 Å². The Labute approximate surface area is 332 Å². The fourth-order valence-corrected chi connectivity index (χ4v) is 11.3. The Hall–Kier alpha value is -6.58. The molecule has 0 bridgehead atoms. The van der Waals surface area contributed by atoms with Gasteiger partial charge in [0.1, 0.15) is 0 Å². The molecule has 56 heavy (non-hydrogen) atoms. The predicted octanol–water partition coefficient (Wildman–Crippen LogP) is 16.5. The van der Waals surface area contributed by atoms with Gasteiger partial charge in [-0.05, 0) is 136 Å². The van der Waals surface area contributed by atoms with Gasteiger partial charge in [-0.2, -0.15) is 0 Å². The van der Waals surface area contributed by atoms with Crippen LogP contribution in [-0.4, -0.2) is 0 Å². The second kappa shape index (κ2) is 12.5. The molecular formula is C54H32S2. The van der Waals surface area contributed by atoms with Crippen molar-refractivity contribution in [2.75, 3.05) is 0 Å². The summed E-state index contributed by atoms with van der Waals surface area (Å²) in [6.45, 7) is 0. The molecule has 12 rings (SSSR count). The van der Waals surface area contributed by atoms with Crippen LogP contribution in [0.4, 0.5) is 0 Å². The molecule has 10 aromatic carbocycles. The Bertz CT molecular complexity index is 3270. The predicted molar refractivity (Wildman–Crippen MR) is 246 cm³/mol. The van der Waals surface area contributed by atoms with E-state index in [1.54, 1.807) is 0 Å². The smallest absolute Gasteiger partial charge is 0.0542 e. The van der Waals surface area contributed by atoms with Gasteiger partial charge in [0.15, 0.2) is 0 Å². The molecule has 0 atom stereocenters. The normalized spacial score (nSPS) is 11.9. The van der Waals surface area contributed by atoms with Crippen LogP contribution in [-0.2, 0) is 0 Å². The molecule has 0 amide bonds. The highest BCUT2D eigenvalue weighted by molar-refractivity contribution is 7.36. The molecule has 0 aliphatic rings. The third-order valence-electron chi connectivity index (χ3n) is 11.6. The number of benzene rings is 10. The molecule has 2 aromatic heterocycles. The minimum Gasteiger partial charge on any atom is -0.134 e. The van der Waals surface area contributed by atoms with Crippen molar-refractivity contribution in [1.29, 1.82) is 0 Å². The molecular weight excluding hydrogens is 713 g/mol. The van der Waals surface area contributed by atoms with Gasteiger partial charge in [-0.3, -0.25) is 0 Å². The van der Waals surface area contributed by atoms with E-state index in [4.69, 9.17) is 0 Å². The van der Waals surface area contributed by atoms with E-state index < -0.39 is 0 Å². The van der Waals surface area contributed by atoms with E-state index in [1.165, 1.54) is 117 Å². The lowest BCUT2D eigenvalue weighted by molar-refractivity contribution is 1.62. The van der Waals surface area contributed by atoms with Crippen LogP contribution >= 0.6 is 22.7 Å². The van der Waals surface area contributed by atoms with E-state index in [-0.39, 0.29) is 0 Å². The first kappa shape index (κ1) is 31.7. The van der Waals surface area contributed by atoms with Crippen LogP contribution < -0.4 is 0 Å². The Morgan fingerprint density at radius 3 is 0.875 bits per heavy atom. The van der Waals surface area contributed by atoms with E-state index in [0.717, 1.165) is 0 Å². The highest BCUT2D eigenvalue weighted by atomic mass is 32.1. The van der Waals surface area contributed by atoms with Crippen molar-refractivity contribution in [3.63, 3.8) is 0 Å². The van der Waals surface area contributed by atoms with E-state index >= 15 is 0 Å². The summed E-state index contributed by atoms with van der Waals surface area (Å²) in [4.78, 5) is 0. The van der Waals surface area contributed by atoms with Crippen molar-refractivity contribution in [3.05, 3.63) is 194 Å². The summed E-state index contributed by atoms with van der Waals surface area (Å²) in [5.41, 5.74) is 9.98. The van der Waals surface area contributed by atoms with Gasteiger partial charge in [-0.1, -0.05) is 146 Å². The maximum absolute atomic E-state index is 2.38. The zero-order valence-corrected chi connectivity index (χ0v) is 31.9. The van der Waals surface area contributed by atoms with E-state index in [0.29, 0.717) is 0 Å². The van der Waals surface area contributed by atoms with Gasteiger partial charge in [0, 0.05) is 20.2 Å². The molecule has 0 saturated carbocycles. The molecule has 0 N–H and O–H groups in total. The average molecular weight is 745 g/mol. The van der Waals surface area contributed by atoms with E-state index in [2.05, 4.69) is 194 Å². The number of hydrogen-bond acceptors (Lipinski definition) is 2. The summed E-state index contributed by atoms with van der Waals surface area (Å²) in [6.07, 6.45) is 0. The summed E-state index contributed by atoms with van der Waals surface area (Å²) in [6, 6.07) is 72.1. The molecule has 260 valence electrons. The number of rotatable bonds is 4. The standard InChI is InChI=1S/C54H32S2/c1-3-7-39-27-47-29-41(17-19-43(47)25-37(39)5-1)33-9-13-35(14-10-33)45-21-23-49-51(31-45)55-54-50-24-22-46(32-52(50)56-53(49)54)36-15-11-34(12-16-36)42-18-20-44-26-38-6-2-4-8-40(38)28-48(44)30-42/h1-32H. The Balaban J connectivity index is 0.815. The Kier molecular flexibility index (Phi) is 7.07. The molecule has 0 aliphatic carbocycles. The summed E-state index contributed by atoms with van der Waals surface area (Å²) < 4.78 is 5.47. The molecule has 0 fully saturated rings. The second-order valence-electron chi connectivity index (χ2n) is 15.0. The fourth-order valence-electron chi connectivity index (χ4n) is 8.56. The molecule has 0 nitrogen and oxygen atoms in total. The summed E-state index contributed by atoms with van der Waals surface area (Å²) >= 11 is 3.84. The third-order valence-corrected chi connectivity index (χ3v) is 14.1. The van der Waals surface area contributed by atoms with Crippen molar-refractivity contribution < 1.29 is 0 Å². The van der Waals surface area contributed by atoms with Gasteiger partial charge >= 0.3 is 0 Å². The lowest BCUT2D eigenvalue weighted by atomic mass is 9.97. The SMILES string of the molecule is c1ccc2cc3cc(-c4ccc(-c5ccc6c(c5)sc5c7ccc(-c8ccc(-c9ccc%10cc%11ccccc%11cc%10c9)cc8)cc7sc65)cc4)ccc3cc2c1. The maximum atomic E-state index is 2.38. The first-order chi connectivity index (χ1) is 27.7. The zero-order valence-electron chi connectivity index (χ0n) is 30.3. The lowest BCUT2D eigenvalue weighted by Crippen LogP contribution is -1.82. The van der Waals surface area contributed by atoms with Crippen LogP contribution in [0.15, 0.2) is 194 Å². The molecule has 0 unspecified atom stereocenters. The Morgan fingerprint density at radius 2 is 0.500 bits per heavy atom. The van der Waals surface area contributed by atoms with Gasteiger partial charge in [-0.15, -0.1) is 22.7 Å². The van der Waals surface area contributed by atoms with E-state index in [9.17, 15) is 0 Å². The second-order valence-corrected chi connectivity index (χ2v) is 17.1. The highest BCUT2D eigenvalue weighted by Crippen LogP contribution is 2.46. The lowest BCUT2D eigenvalue weighted by Gasteiger charge is -2.08. The topological polar surface area (TPSA) is 0 Å². The quantitative estimate of drug-likeness (QED) is 0.157. The van der Waals surface area contributed by atoms with Crippen LogP contribution in [0.25, 0.3) is 117 Å². The minimum absolute atomic E-state index is 1.24. The van der Waals surface area contributed by atoms with Gasteiger partial charge in [0.05, 0.1) is 9.40 Å². The zero-order chi connectivity index (χ0) is 36.7. The first-order valence-corrected chi connectivity index (χ1v) is 20.8. The molecule has 0 aliphatic heterocycles. The van der Waals surface area contributed by atoms with Crippen LogP contribution in [0.5, 0.6) is 0 Å². The Morgan fingerprint density at radius 1 is 0.214 bits per heavy atom. The van der Waals surface area contributed by atoms with Gasteiger partial charge in [0.25, 0.3) is 0 Å². The van der Waals surface area contributed by atoms with Crippen LogP contribution in [0.3, 0.4) is 0 Å². The molecule has 2 heteroatoms. The van der Waals surface area contributed by atoms with Crippen molar-refractivity contribution in [3.8, 4) is 44.5 Å². The van der Waals surface area contributed by atoms with Crippen molar-refractivity contribution in [2.45, 2.75) is 0 Å². The summed E-state index contributed by atoms with van der Waals surface area (Å²) in [5.74, 6) is 0. The van der Waals surface area contributed by atoms with E-state index in [1.807, 2.05) is 22.7 Å². The van der Waals surface area contributed by atoms with Crippen LogP contribution in [0.2, 0.25) is 0 Å². The maximum Gasteiger partial charge on any atom is 0.0542 e. The van der Waals surface area contributed by atoms with Crippen molar-refractivity contribution in [2.24, 2.45) is 0 Å². The van der Waals surface area contributed by atoms with Crippen LogP contribution in [0.1, 0.15) is 0 Å². The number of fused-ring (bicyclic) bond motifs is 9. The van der Waals surface area contributed by atoms with Crippen molar-refractivity contribution >= 4 is 95.3 Å². The molecule has 2 heterocycles. The highest BCUT2D eigenvalue weighted by Gasteiger charge is 2.14. The molecule has 0 spiro atoms. The molecule has 0 radical (unpaired) electrons. The van der Waals surface area contributed by atoms with Gasteiger partial charge in [0.2, 0.25) is 0 Å². The fraction of sp³-hybridized carbons (Fsp3) is 0. The first-order valence-electron chi connectivity index (χ1n) is 19.1. The van der Waals surface area contributed by atoms with Gasteiger partial charge < -0.3 is 0 Å². The number of hydrogen-bond donors (Lipinski definition) is 0. The monoisotopic (exact) mass is 744 g/mol. The molecule has 0 saturated heterocycles. The summed E-state index contributed by atoms with van der Waals surface area (Å²) in [7, 11) is 0.